The first-order valence-corrected chi connectivity index (χ1v) is 5.20. The van der Waals surface area contributed by atoms with Gasteiger partial charge in [-0.15, -0.1) is 0 Å². The fourth-order valence-electron chi connectivity index (χ4n) is 1.53. The van der Waals surface area contributed by atoms with Crippen LogP contribution < -0.4 is 5.32 Å². The van der Waals surface area contributed by atoms with E-state index in [1.54, 1.807) is 19.1 Å². The minimum Gasteiger partial charge on any atom is -0.392 e. The van der Waals surface area contributed by atoms with E-state index in [1.807, 2.05) is 18.3 Å². The maximum Gasteiger partial charge on any atom is 0.251 e. The lowest BCUT2D eigenvalue weighted by atomic mass is 10.1. The highest BCUT2D eigenvalue weighted by Crippen LogP contribution is 2.13. The second-order valence-corrected chi connectivity index (χ2v) is 3.84. The summed E-state index contributed by atoms with van der Waals surface area (Å²) in [4.78, 5) is 14.7. The predicted molar refractivity (Wildman–Crippen MR) is 62.3 cm³/mol. The predicted octanol–water partition coefficient (Wildman–Crippen LogP) is 1.28. The molecule has 0 radical (unpaired) electrons. The Morgan fingerprint density at radius 2 is 2.31 bits per heavy atom. The average molecular weight is 218 g/mol. The molecule has 0 aliphatic carbocycles. The van der Waals surface area contributed by atoms with Crippen molar-refractivity contribution in [2.75, 3.05) is 6.54 Å². The molecule has 0 bridgehead atoms. The van der Waals surface area contributed by atoms with Gasteiger partial charge in [0.1, 0.15) is 0 Å². The van der Waals surface area contributed by atoms with Gasteiger partial charge in [-0.25, -0.2) is 0 Å². The summed E-state index contributed by atoms with van der Waals surface area (Å²) < 4.78 is 0. The van der Waals surface area contributed by atoms with Gasteiger partial charge in [-0.3, -0.25) is 4.79 Å². The Bertz CT molecular complexity index is 502. The second kappa shape index (κ2) is 4.37. The van der Waals surface area contributed by atoms with Gasteiger partial charge in [0.05, 0.1) is 6.10 Å². The SMILES string of the molecule is C[C@@H](O)CNC(=O)c1ccc2cc[nH]c2c1. The molecule has 0 aliphatic heterocycles. The molecule has 2 aromatic rings. The molecule has 1 amide bonds. The molecule has 0 saturated heterocycles. The summed E-state index contributed by atoms with van der Waals surface area (Å²) in [6, 6.07) is 7.41. The number of aliphatic hydroxyl groups excluding tert-OH is 1. The summed E-state index contributed by atoms with van der Waals surface area (Å²) in [5.74, 6) is -0.169. The Hall–Kier alpha value is -1.81. The van der Waals surface area contributed by atoms with Crippen molar-refractivity contribution in [3.05, 3.63) is 36.0 Å². The fourth-order valence-corrected chi connectivity index (χ4v) is 1.53. The van der Waals surface area contributed by atoms with E-state index in [0.29, 0.717) is 5.56 Å². The number of hydrogen-bond donors (Lipinski definition) is 3. The maximum absolute atomic E-state index is 11.7. The first-order valence-electron chi connectivity index (χ1n) is 5.20. The van der Waals surface area contributed by atoms with Crippen LogP contribution in [0.15, 0.2) is 30.5 Å². The second-order valence-electron chi connectivity index (χ2n) is 3.84. The third kappa shape index (κ3) is 2.23. The van der Waals surface area contributed by atoms with E-state index < -0.39 is 6.10 Å². The van der Waals surface area contributed by atoms with Crippen molar-refractivity contribution >= 4 is 16.8 Å². The summed E-state index contributed by atoms with van der Waals surface area (Å²) in [6.45, 7) is 1.90. The number of carbonyl (C=O) groups is 1. The summed E-state index contributed by atoms with van der Waals surface area (Å²) in [5.41, 5.74) is 1.53. The number of H-pyrrole nitrogens is 1. The van der Waals surface area contributed by atoms with Crippen LogP contribution >= 0.6 is 0 Å². The van der Waals surface area contributed by atoms with Crippen molar-refractivity contribution in [2.24, 2.45) is 0 Å². The molecule has 4 heteroatoms. The summed E-state index contributed by atoms with van der Waals surface area (Å²) >= 11 is 0. The molecule has 84 valence electrons. The van der Waals surface area contributed by atoms with Crippen LogP contribution in [0.4, 0.5) is 0 Å². The minimum absolute atomic E-state index is 0.169. The fraction of sp³-hybridized carbons (Fsp3) is 0.250. The molecule has 16 heavy (non-hydrogen) atoms. The summed E-state index contributed by atoms with van der Waals surface area (Å²) in [6.07, 6.45) is 1.31. The lowest BCUT2D eigenvalue weighted by Crippen LogP contribution is -2.30. The van der Waals surface area contributed by atoms with Crippen molar-refractivity contribution in [1.82, 2.24) is 10.3 Å². The standard InChI is InChI=1S/C12H14N2O2/c1-8(15)7-14-12(16)10-3-2-9-4-5-13-11(9)6-10/h2-6,8,13,15H,7H2,1H3,(H,14,16)/t8-/m1/s1. The number of nitrogens with one attached hydrogen (secondary N) is 2. The molecule has 1 aromatic carbocycles. The minimum atomic E-state index is -0.529. The molecule has 0 unspecified atom stereocenters. The highest BCUT2D eigenvalue weighted by Gasteiger charge is 2.07. The zero-order valence-corrected chi connectivity index (χ0v) is 9.03. The van der Waals surface area contributed by atoms with Crippen LogP contribution in [0.3, 0.4) is 0 Å². The monoisotopic (exact) mass is 218 g/mol. The molecule has 1 aromatic heterocycles. The van der Waals surface area contributed by atoms with Crippen molar-refractivity contribution < 1.29 is 9.90 Å². The van der Waals surface area contributed by atoms with Crippen molar-refractivity contribution in [3.63, 3.8) is 0 Å². The maximum atomic E-state index is 11.7. The quantitative estimate of drug-likeness (QED) is 0.726. The number of rotatable bonds is 3. The van der Waals surface area contributed by atoms with E-state index >= 15 is 0 Å². The average Bonchev–Trinajstić information content (AvgIpc) is 2.72. The van der Waals surface area contributed by atoms with E-state index in [4.69, 9.17) is 5.11 Å². The van der Waals surface area contributed by atoms with Crippen LogP contribution in [-0.2, 0) is 0 Å². The van der Waals surface area contributed by atoms with Crippen LogP contribution in [0.1, 0.15) is 17.3 Å². The van der Waals surface area contributed by atoms with Crippen molar-refractivity contribution in [3.8, 4) is 0 Å². The van der Waals surface area contributed by atoms with Gasteiger partial charge in [0.15, 0.2) is 0 Å². The van der Waals surface area contributed by atoms with Gasteiger partial charge in [-0.2, -0.15) is 0 Å². The lowest BCUT2D eigenvalue weighted by molar-refractivity contribution is 0.0924. The Balaban J connectivity index is 2.16. The highest BCUT2D eigenvalue weighted by molar-refractivity contribution is 5.97. The van der Waals surface area contributed by atoms with Gasteiger partial charge < -0.3 is 15.4 Å². The van der Waals surface area contributed by atoms with E-state index in [1.165, 1.54) is 0 Å². The van der Waals surface area contributed by atoms with Gasteiger partial charge in [0.25, 0.3) is 5.91 Å². The number of benzene rings is 1. The molecule has 3 N–H and O–H groups in total. The van der Waals surface area contributed by atoms with E-state index in [0.717, 1.165) is 10.9 Å². The zero-order valence-electron chi connectivity index (χ0n) is 9.03. The van der Waals surface area contributed by atoms with Crippen LogP contribution in [0, 0.1) is 0 Å². The van der Waals surface area contributed by atoms with Crippen LogP contribution in [-0.4, -0.2) is 28.6 Å². The smallest absolute Gasteiger partial charge is 0.251 e. The summed E-state index contributed by atoms with van der Waals surface area (Å²) in [7, 11) is 0. The Morgan fingerprint density at radius 1 is 1.50 bits per heavy atom. The van der Waals surface area contributed by atoms with Crippen LogP contribution in [0.5, 0.6) is 0 Å². The van der Waals surface area contributed by atoms with Gasteiger partial charge in [0, 0.05) is 23.8 Å². The molecular weight excluding hydrogens is 204 g/mol. The topological polar surface area (TPSA) is 65.1 Å². The molecule has 0 saturated carbocycles. The normalized spacial score (nSPS) is 12.6. The lowest BCUT2D eigenvalue weighted by Gasteiger charge is -2.06. The first-order chi connectivity index (χ1) is 7.66. The third-order valence-electron chi connectivity index (χ3n) is 2.38. The van der Waals surface area contributed by atoms with Gasteiger partial charge >= 0.3 is 0 Å². The Kier molecular flexibility index (Phi) is 2.92. The number of hydrogen-bond acceptors (Lipinski definition) is 2. The Morgan fingerprint density at radius 3 is 3.06 bits per heavy atom. The van der Waals surface area contributed by atoms with E-state index in [2.05, 4.69) is 10.3 Å². The largest absolute Gasteiger partial charge is 0.392 e. The molecule has 0 spiro atoms. The third-order valence-corrected chi connectivity index (χ3v) is 2.38. The molecule has 0 fully saturated rings. The number of aromatic amines is 1. The zero-order chi connectivity index (χ0) is 11.5. The number of aromatic nitrogens is 1. The van der Waals surface area contributed by atoms with Crippen LogP contribution in [0.25, 0.3) is 10.9 Å². The Labute approximate surface area is 93.3 Å². The van der Waals surface area contributed by atoms with E-state index in [-0.39, 0.29) is 12.5 Å². The number of amides is 1. The molecule has 4 nitrogen and oxygen atoms in total. The molecule has 1 heterocycles. The molecular formula is C12H14N2O2. The van der Waals surface area contributed by atoms with Gasteiger partial charge in [0.2, 0.25) is 0 Å². The van der Waals surface area contributed by atoms with Gasteiger partial charge in [-0.05, 0) is 30.5 Å². The highest BCUT2D eigenvalue weighted by atomic mass is 16.3. The molecule has 0 aliphatic rings. The van der Waals surface area contributed by atoms with Crippen molar-refractivity contribution in [2.45, 2.75) is 13.0 Å². The number of carbonyl (C=O) groups excluding carboxylic acids is 1. The van der Waals surface area contributed by atoms with Gasteiger partial charge in [-0.1, -0.05) is 6.07 Å². The number of fused-ring (bicyclic) bond motifs is 1. The van der Waals surface area contributed by atoms with Crippen LogP contribution in [0.2, 0.25) is 0 Å². The summed E-state index contributed by atoms with van der Waals surface area (Å²) in [5, 5.41) is 12.8. The molecule has 2 rings (SSSR count). The molecule has 1 atom stereocenters. The number of aliphatic hydroxyl groups is 1. The first kappa shape index (κ1) is 10.7. The van der Waals surface area contributed by atoms with E-state index in [9.17, 15) is 4.79 Å². The van der Waals surface area contributed by atoms with Crippen molar-refractivity contribution in [1.29, 1.82) is 0 Å².